The number of nitrogens with zero attached hydrogens (tertiary/aromatic N) is 2. The molecule has 0 aliphatic carbocycles. The van der Waals surface area contributed by atoms with Crippen LogP contribution in [0.4, 0.5) is 10.2 Å². The van der Waals surface area contributed by atoms with Crippen LogP contribution in [0.15, 0.2) is 36.5 Å². The number of aromatic nitrogens is 3. The molecule has 1 aromatic carbocycles. The van der Waals surface area contributed by atoms with E-state index in [4.69, 9.17) is 0 Å². The quantitative estimate of drug-likeness (QED) is 0.752. The van der Waals surface area contributed by atoms with Gasteiger partial charge in [-0.3, -0.25) is 9.89 Å². The number of hydrogen-bond donors (Lipinski definition) is 2. The number of rotatable bonds is 2. The van der Waals surface area contributed by atoms with Gasteiger partial charge in [-0.1, -0.05) is 12.1 Å². The molecule has 0 unspecified atom stereocenters. The van der Waals surface area contributed by atoms with Crippen LogP contribution in [0.3, 0.4) is 0 Å². The average molecular weight is 270 g/mol. The molecule has 0 saturated carbocycles. The minimum Gasteiger partial charge on any atom is -0.305 e. The minimum absolute atomic E-state index is 0.148. The van der Waals surface area contributed by atoms with Crippen molar-refractivity contribution in [1.29, 1.82) is 0 Å². The smallest absolute Gasteiger partial charge is 0.275 e. The van der Waals surface area contributed by atoms with Crippen LogP contribution in [0.1, 0.15) is 16.1 Å². The van der Waals surface area contributed by atoms with E-state index in [1.165, 1.54) is 12.1 Å². The van der Waals surface area contributed by atoms with Crippen molar-refractivity contribution >= 4 is 22.6 Å². The second-order valence-electron chi connectivity index (χ2n) is 4.41. The van der Waals surface area contributed by atoms with E-state index >= 15 is 0 Å². The lowest BCUT2D eigenvalue weighted by molar-refractivity contribution is 0.102. The Labute approximate surface area is 113 Å². The van der Waals surface area contributed by atoms with E-state index in [2.05, 4.69) is 20.5 Å². The Balaban J connectivity index is 1.95. The number of halogens is 1. The van der Waals surface area contributed by atoms with Crippen LogP contribution in [0.2, 0.25) is 0 Å². The number of aromatic amines is 1. The van der Waals surface area contributed by atoms with Gasteiger partial charge in [0.15, 0.2) is 5.82 Å². The van der Waals surface area contributed by atoms with Gasteiger partial charge in [-0.25, -0.2) is 9.37 Å². The van der Waals surface area contributed by atoms with Crippen molar-refractivity contribution < 1.29 is 9.18 Å². The minimum atomic E-state index is -0.466. The number of H-pyrrole nitrogens is 1. The molecule has 3 rings (SSSR count). The molecule has 0 bridgehead atoms. The summed E-state index contributed by atoms with van der Waals surface area (Å²) in [6.07, 6.45) is 1.61. The Kier molecular flexibility index (Phi) is 2.90. The van der Waals surface area contributed by atoms with Crippen LogP contribution < -0.4 is 5.32 Å². The molecule has 0 saturated heterocycles. The number of pyridine rings is 1. The molecule has 3 aromatic rings. The summed E-state index contributed by atoms with van der Waals surface area (Å²) in [6, 6.07) is 8.05. The SMILES string of the molecule is Cc1ccnc(NC(=O)c2[nH]nc3c(F)cccc23)c1. The van der Waals surface area contributed by atoms with E-state index in [1.807, 2.05) is 13.0 Å². The van der Waals surface area contributed by atoms with Crippen LogP contribution in [0.5, 0.6) is 0 Å². The third-order valence-corrected chi connectivity index (χ3v) is 2.92. The zero-order chi connectivity index (χ0) is 14.1. The highest BCUT2D eigenvalue weighted by Gasteiger charge is 2.15. The standard InChI is InChI=1S/C14H11FN4O/c1-8-5-6-16-11(7-8)17-14(20)13-9-3-2-4-10(15)12(9)18-19-13/h2-7H,1H3,(H,18,19)(H,16,17,20). The van der Waals surface area contributed by atoms with Crippen molar-refractivity contribution in [3.8, 4) is 0 Å². The first kappa shape index (κ1) is 12.3. The summed E-state index contributed by atoms with van der Waals surface area (Å²) in [7, 11) is 0. The fraction of sp³-hybridized carbons (Fsp3) is 0.0714. The summed E-state index contributed by atoms with van der Waals surface area (Å²) < 4.78 is 13.5. The van der Waals surface area contributed by atoms with Gasteiger partial charge in [0.05, 0.1) is 0 Å². The lowest BCUT2D eigenvalue weighted by Crippen LogP contribution is -2.13. The zero-order valence-corrected chi connectivity index (χ0v) is 10.6. The van der Waals surface area contributed by atoms with Gasteiger partial charge in [-0.2, -0.15) is 5.10 Å². The predicted molar refractivity (Wildman–Crippen MR) is 73.0 cm³/mol. The molecule has 0 fully saturated rings. The van der Waals surface area contributed by atoms with Crippen LogP contribution in [0, 0.1) is 12.7 Å². The molecule has 6 heteroatoms. The molecule has 2 N–H and O–H groups in total. The number of hydrogen-bond acceptors (Lipinski definition) is 3. The Morgan fingerprint density at radius 2 is 2.20 bits per heavy atom. The summed E-state index contributed by atoms with van der Waals surface area (Å²) in [5.74, 6) is -0.433. The van der Waals surface area contributed by atoms with Gasteiger partial charge in [0.1, 0.15) is 17.0 Å². The van der Waals surface area contributed by atoms with Crippen molar-refractivity contribution in [3.05, 3.63) is 53.6 Å². The predicted octanol–water partition coefficient (Wildman–Crippen LogP) is 2.66. The van der Waals surface area contributed by atoms with Crippen molar-refractivity contribution in [3.63, 3.8) is 0 Å². The highest BCUT2D eigenvalue weighted by atomic mass is 19.1. The second kappa shape index (κ2) is 4.73. The molecule has 1 amide bonds. The van der Waals surface area contributed by atoms with Gasteiger partial charge in [0.25, 0.3) is 5.91 Å². The second-order valence-corrected chi connectivity index (χ2v) is 4.41. The number of nitrogens with one attached hydrogen (secondary N) is 2. The molecule has 2 heterocycles. The highest BCUT2D eigenvalue weighted by Crippen LogP contribution is 2.19. The van der Waals surface area contributed by atoms with Crippen molar-refractivity contribution in [2.45, 2.75) is 6.92 Å². The fourth-order valence-corrected chi connectivity index (χ4v) is 1.96. The maximum atomic E-state index is 13.5. The van der Waals surface area contributed by atoms with Crippen molar-refractivity contribution in [2.75, 3.05) is 5.32 Å². The summed E-state index contributed by atoms with van der Waals surface area (Å²) >= 11 is 0. The monoisotopic (exact) mass is 270 g/mol. The van der Waals surface area contributed by atoms with Gasteiger partial charge in [-0.05, 0) is 30.7 Å². The lowest BCUT2D eigenvalue weighted by atomic mass is 10.2. The Hall–Kier alpha value is -2.76. The van der Waals surface area contributed by atoms with Gasteiger partial charge in [0.2, 0.25) is 0 Å². The number of anilines is 1. The topological polar surface area (TPSA) is 70.7 Å². The number of fused-ring (bicyclic) bond motifs is 1. The number of carbonyl (C=O) groups is 1. The summed E-state index contributed by atoms with van der Waals surface area (Å²) in [4.78, 5) is 16.2. The van der Waals surface area contributed by atoms with Crippen LogP contribution in [-0.4, -0.2) is 21.1 Å². The Morgan fingerprint density at radius 1 is 1.35 bits per heavy atom. The van der Waals surface area contributed by atoms with E-state index in [0.717, 1.165) is 5.56 Å². The van der Waals surface area contributed by atoms with Crippen molar-refractivity contribution in [2.24, 2.45) is 0 Å². The number of benzene rings is 1. The third-order valence-electron chi connectivity index (χ3n) is 2.92. The molecule has 0 spiro atoms. The number of aryl methyl sites for hydroxylation is 1. The Morgan fingerprint density at radius 3 is 3.00 bits per heavy atom. The number of para-hydroxylation sites is 1. The first-order chi connectivity index (χ1) is 9.65. The summed E-state index contributed by atoms with van der Waals surface area (Å²) in [5.41, 5.74) is 1.34. The first-order valence-corrected chi connectivity index (χ1v) is 6.02. The van der Waals surface area contributed by atoms with Crippen LogP contribution in [0.25, 0.3) is 10.9 Å². The van der Waals surface area contributed by atoms with E-state index in [-0.39, 0.29) is 11.2 Å². The highest BCUT2D eigenvalue weighted by molar-refractivity contribution is 6.10. The van der Waals surface area contributed by atoms with Gasteiger partial charge >= 0.3 is 0 Å². The molecule has 0 radical (unpaired) electrons. The molecule has 0 aliphatic heterocycles. The maximum Gasteiger partial charge on any atom is 0.275 e. The van der Waals surface area contributed by atoms with Gasteiger partial charge in [-0.15, -0.1) is 0 Å². The first-order valence-electron chi connectivity index (χ1n) is 6.02. The van der Waals surface area contributed by atoms with Gasteiger partial charge in [0, 0.05) is 11.6 Å². The number of amides is 1. The molecule has 100 valence electrons. The molecular formula is C14H11FN4O. The summed E-state index contributed by atoms with van der Waals surface area (Å²) in [6.45, 7) is 1.90. The zero-order valence-electron chi connectivity index (χ0n) is 10.6. The maximum absolute atomic E-state index is 13.5. The molecule has 0 aliphatic rings. The largest absolute Gasteiger partial charge is 0.305 e. The third kappa shape index (κ3) is 2.11. The number of carbonyl (C=O) groups excluding carboxylic acids is 1. The lowest BCUT2D eigenvalue weighted by Gasteiger charge is -2.03. The average Bonchev–Trinajstić information content (AvgIpc) is 2.84. The van der Waals surface area contributed by atoms with Crippen LogP contribution >= 0.6 is 0 Å². The van der Waals surface area contributed by atoms with E-state index in [9.17, 15) is 9.18 Å². The molecular weight excluding hydrogens is 259 g/mol. The molecule has 5 nitrogen and oxygen atoms in total. The molecule has 0 atom stereocenters. The molecule has 20 heavy (non-hydrogen) atoms. The van der Waals surface area contributed by atoms with E-state index in [1.54, 1.807) is 18.3 Å². The van der Waals surface area contributed by atoms with Gasteiger partial charge < -0.3 is 5.32 Å². The normalized spacial score (nSPS) is 10.7. The molecule has 2 aromatic heterocycles. The van der Waals surface area contributed by atoms with E-state index < -0.39 is 11.7 Å². The summed E-state index contributed by atoms with van der Waals surface area (Å²) in [5, 5.41) is 9.47. The van der Waals surface area contributed by atoms with Crippen LogP contribution in [-0.2, 0) is 0 Å². The Bertz CT molecular complexity index is 797. The van der Waals surface area contributed by atoms with E-state index in [0.29, 0.717) is 11.2 Å². The van der Waals surface area contributed by atoms with Crippen molar-refractivity contribution in [1.82, 2.24) is 15.2 Å². The fourth-order valence-electron chi connectivity index (χ4n) is 1.96.